The van der Waals surface area contributed by atoms with Crippen LogP contribution in [-0.2, 0) is 6.54 Å². The van der Waals surface area contributed by atoms with E-state index in [0.29, 0.717) is 28.6 Å². The Morgan fingerprint density at radius 1 is 1.12 bits per heavy atom. The zero-order chi connectivity index (χ0) is 18.0. The Balaban J connectivity index is 1.87. The van der Waals surface area contributed by atoms with Crippen molar-refractivity contribution >= 4 is 28.5 Å². The van der Waals surface area contributed by atoms with Crippen molar-refractivity contribution in [1.82, 2.24) is 4.90 Å². The second-order valence-electron chi connectivity index (χ2n) is 5.61. The first-order valence-corrected chi connectivity index (χ1v) is 8.05. The minimum atomic E-state index is -0.236. The van der Waals surface area contributed by atoms with E-state index >= 15 is 0 Å². The summed E-state index contributed by atoms with van der Waals surface area (Å²) in [4.78, 5) is 14.3. The Hall–Kier alpha value is -2.66. The predicted molar refractivity (Wildman–Crippen MR) is 96.6 cm³/mol. The third-order valence-corrected chi connectivity index (χ3v) is 4.17. The van der Waals surface area contributed by atoms with E-state index in [1.165, 1.54) is 0 Å². The second kappa shape index (κ2) is 7.07. The molecule has 1 aromatic heterocycles. The van der Waals surface area contributed by atoms with Gasteiger partial charge in [0.2, 0.25) is 0 Å². The van der Waals surface area contributed by atoms with Crippen LogP contribution in [0.1, 0.15) is 16.1 Å². The van der Waals surface area contributed by atoms with Gasteiger partial charge in [-0.2, -0.15) is 0 Å². The number of fused-ring (bicyclic) bond motifs is 1. The van der Waals surface area contributed by atoms with Crippen LogP contribution in [0.25, 0.3) is 11.0 Å². The predicted octanol–water partition coefficient (Wildman–Crippen LogP) is 4.38. The van der Waals surface area contributed by atoms with Crippen molar-refractivity contribution in [1.29, 1.82) is 0 Å². The number of hydrogen-bond acceptors (Lipinski definition) is 4. The third-order valence-electron chi connectivity index (χ3n) is 3.94. The molecule has 1 amide bonds. The third kappa shape index (κ3) is 3.42. The molecule has 130 valence electrons. The van der Waals surface area contributed by atoms with Crippen molar-refractivity contribution in [3.05, 3.63) is 58.8 Å². The molecule has 0 aliphatic carbocycles. The maximum atomic E-state index is 12.7. The second-order valence-corrected chi connectivity index (χ2v) is 6.04. The van der Waals surface area contributed by atoms with Gasteiger partial charge in [-0.1, -0.05) is 23.7 Å². The van der Waals surface area contributed by atoms with Crippen LogP contribution >= 0.6 is 11.6 Å². The fraction of sp³-hybridized carbons (Fsp3) is 0.211. The molecule has 25 heavy (non-hydrogen) atoms. The Labute approximate surface area is 150 Å². The number of benzene rings is 2. The summed E-state index contributed by atoms with van der Waals surface area (Å²) in [5.74, 6) is 1.29. The molecule has 3 aromatic rings. The van der Waals surface area contributed by atoms with Crippen LogP contribution in [-0.4, -0.2) is 32.1 Å². The van der Waals surface area contributed by atoms with Crippen molar-refractivity contribution < 1.29 is 18.7 Å². The molecule has 0 fully saturated rings. The van der Waals surface area contributed by atoms with Gasteiger partial charge in [-0.05, 0) is 30.3 Å². The number of rotatable bonds is 5. The summed E-state index contributed by atoms with van der Waals surface area (Å²) in [6, 6.07) is 12.5. The highest BCUT2D eigenvalue weighted by Crippen LogP contribution is 2.29. The van der Waals surface area contributed by atoms with Gasteiger partial charge in [0.25, 0.3) is 5.91 Å². The molecule has 0 radical (unpaired) electrons. The average Bonchev–Trinajstić information content (AvgIpc) is 3.05. The lowest BCUT2D eigenvalue weighted by atomic mass is 10.2. The molecular formula is C19H18ClNO4. The highest BCUT2D eigenvalue weighted by molar-refractivity contribution is 6.30. The summed E-state index contributed by atoms with van der Waals surface area (Å²) in [6.07, 6.45) is 0. The van der Waals surface area contributed by atoms with E-state index in [-0.39, 0.29) is 11.7 Å². The first-order valence-electron chi connectivity index (χ1n) is 7.68. The molecule has 0 bridgehead atoms. The number of furan rings is 1. The van der Waals surface area contributed by atoms with Gasteiger partial charge in [-0.3, -0.25) is 4.79 Å². The summed E-state index contributed by atoms with van der Waals surface area (Å²) >= 11 is 6.05. The van der Waals surface area contributed by atoms with E-state index in [4.69, 9.17) is 25.5 Å². The van der Waals surface area contributed by atoms with E-state index in [1.807, 2.05) is 12.1 Å². The molecule has 1 heterocycles. The lowest BCUT2D eigenvalue weighted by molar-refractivity contribution is 0.0755. The van der Waals surface area contributed by atoms with Crippen LogP contribution in [0.3, 0.4) is 0 Å². The fourth-order valence-electron chi connectivity index (χ4n) is 2.69. The zero-order valence-electron chi connectivity index (χ0n) is 14.2. The largest absolute Gasteiger partial charge is 0.496 e. The van der Waals surface area contributed by atoms with Gasteiger partial charge in [0, 0.05) is 29.6 Å². The minimum absolute atomic E-state index is 0.236. The Bertz CT molecular complexity index is 919. The Morgan fingerprint density at radius 3 is 2.60 bits per heavy atom. The summed E-state index contributed by atoms with van der Waals surface area (Å²) in [7, 11) is 4.85. The van der Waals surface area contributed by atoms with Gasteiger partial charge in [0.05, 0.1) is 14.2 Å². The normalized spacial score (nSPS) is 10.7. The molecule has 0 aliphatic heterocycles. The summed E-state index contributed by atoms with van der Waals surface area (Å²) < 4.78 is 16.3. The molecule has 0 spiro atoms. The van der Waals surface area contributed by atoms with Crippen LogP contribution in [0.4, 0.5) is 0 Å². The van der Waals surface area contributed by atoms with Gasteiger partial charge in [-0.25, -0.2) is 0 Å². The molecule has 2 aromatic carbocycles. The van der Waals surface area contributed by atoms with Crippen molar-refractivity contribution in [2.24, 2.45) is 0 Å². The number of para-hydroxylation sites is 1. The number of amides is 1. The number of nitrogens with zero attached hydrogens (tertiary/aromatic N) is 1. The fourth-order valence-corrected chi connectivity index (χ4v) is 2.88. The molecule has 6 heteroatoms. The van der Waals surface area contributed by atoms with Crippen LogP contribution in [0.2, 0.25) is 5.02 Å². The van der Waals surface area contributed by atoms with Crippen LogP contribution in [0.5, 0.6) is 11.5 Å². The minimum Gasteiger partial charge on any atom is -0.496 e. The maximum Gasteiger partial charge on any atom is 0.289 e. The molecule has 0 aliphatic rings. The van der Waals surface area contributed by atoms with Gasteiger partial charge in [0.15, 0.2) is 17.1 Å². The molecule has 0 unspecified atom stereocenters. The monoisotopic (exact) mass is 359 g/mol. The standard InChI is InChI=1S/C19H18ClNO4/c1-21(11-13-9-14(20)7-8-15(13)23-2)19(22)17-10-12-5-4-6-16(24-3)18(12)25-17/h4-10H,11H2,1-3H3. The Kier molecular flexibility index (Phi) is 4.86. The van der Waals surface area contributed by atoms with Crippen molar-refractivity contribution in [3.8, 4) is 11.5 Å². The first kappa shape index (κ1) is 17.2. The van der Waals surface area contributed by atoms with E-state index in [2.05, 4.69) is 0 Å². The summed E-state index contributed by atoms with van der Waals surface area (Å²) in [6.45, 7) is 0.344. The molecular weight excluding hydrogens is 342 g/mol. The topological polar surface area (TPSA) is 51.9 Å². The van der Waals surface area contributed by atoms with Crippen molar-refractivity contribution in [2.75, 3.05) is 21.3 Å². The van der Waals surface area contributed by atoms with Crippen molar-refractivity contribution in [3.63, 3.8) is 0 Å². The quantitative estimate of drug-likeness (QED) is 0.678. The first-order chi connectivity index (χ1) is 12.0. The molecule has 5 nitrogen and oxygen atoms in total. The van der Waals surface area contributed by atoms with Crippen LogP contribution < -0.4 is 9.47 Å². The number of ether oxygens (including phenoxy) is 2. The van der Waals surface area contributed by atoms with E-state index < -0.39 is 0 Å². The van der Waals surface area contributed by atoms with E-state index in [0.717, 1.165) is 10.9 Å². The highest BCUT2D eigenvalue weighted by Gasteiger charge is 2.19. The average molecular weight is 360 g/mol. The van der Waals surface area contributed by atoms with Gasteiger partial charge >= 0.3 is 0 Å². The number of carbonyl (C=O) groups is 1. The molecule has 0 atom stereocenters. The van der Waals surface area contributed by atoms with E-state index in [1.54, 1.807) is 56.5 Å². The number of hydrogen-bond donors (Lipinski definition) is 0. The smallest absolute Gasteiger partial charge is 0.289 e. The molecule has 0 saturated heterocycles. The number of carbonyl (C=O) groups excluding carboxylic acids is 1. The van der Waals surface area contributed by atoms with E-state index in [9.17, 15) is 4.79 Å². The highest BCUT2D eigenvalue weighted by atomic mass is 35.5. The number of methoxy groups -OCH3 is 2. The lowest BCUT2D eigenvalue weighted by Gasteiger charge is -2.18. The van der Waals surface area contributed by atoms with Gasteiger partial charge < -0.3 is 18.8 Å². The maximum absolute atomic E-state index is 12.7. The summed E-state index contributed by atoms with van der Waals surface area (Å²) in [5.41, 5.74) is 1.38. The van der Waals surface area contributed by atoms with Crippen molar-refractivity contribution in [2.45, 2.75) is 6.54 Å². The Morgan fingerprint density at radius 2 is 1.88 bits per heavy atom. The van der Waals surface area contributed by atoms with Gasteiger partial charge in [0.1, 0.15) is 5.75 Å². The van der Waals surface area contributed by atoms with Crippen LogP contribution in [0.15, 0.2) is 46.9 Å². The van der Waals surface area contributed by atoms with Crippen LogP contribution in [0, 0.1) is 0 Å². The molecule has 0 N–H and O–H groups in total. The SMILES string of the molecule is COc1ccc(Cl)cc1CN(C)C(=O)c1cc2cccc(OC)c2o1. The molecule has 0 saturated carbocycles. The number of halogens is 1. The lowest BCUT2D eigenvalue weighted by Crippen LogP contribution is -2.26. The zero-order valence-corrected chi connectivity index (χ0v) is 15.0. The van der Waals surface area contributed by atoms with Gasteiger partial charge in [-0.15, -0.1) is 0 Å². The molecule has 3 rings (SSSR count). The summed E-state index contributed by atoms with van der Waals surface area (Å²) in [5, 5.41) is 1.40.